The van der Waals surface area contributed by atoms with Crippen LogP contribution in [0.5, 0.6) is 0 Å². The molecule has 0 aliphatic carbocycles. The number of likely N-dealkylation sites (tertiary alicyclic amines) is 5. The average molecular weight is 605 g/mol. The van der Waals surface area contributed by atoms with E-state index in [1.807, 2.05) is 0 Å². The van der Waals surface area contributed by atoms with Crippen LogP contribution in [0, 0.1) is 47.3 Å². The fourth-order valence-corrected chi connectivity index (χ4v) is 11.9. The third-order valence-electron chi connectivity index (χ3n) is 13.9. The Labute approximate surface area is 269 Å². The summed E-state index contributed by atoms with van der Waals surface area (Å²) in [4.78, 5) is 0. The summed E-state index contributed by atoms with van der Waals surface area (Å²) in [6.45, 7) is 14.2. The number of hydrogen-bond donors (Lipinski definition) is 0. The van der Waals surface area contributed by atoms with Gasteiger partial charge in [-0.2, -0.15) is 0 Å². The van der Waals surface area contributed by atoms with Crippen LogP contribution in [0.25, 0.3) is 0 Å². The first-order valence-corrected chi connectivity index (χ1v) is 19.0. The molecule has 8 atom stereocenters. The Bertz CT molecular complexity index is 849. The summed E-state index contributed by atoms with van der Waals surface area (Å²) < 4.78 is 6.32. The van der Waals surface area contributed by atoms with E-state index in [1.165, 1.54) is 152 Å². The first kappa shape index (κ1) is 34.1. The SMILES string of the molecule is C[N+]1(C)CCC(CCC2C[N+](C)(C)CC2CCC2C[N+](C)(C)CC2CCC2C[N+](C)(C)CC2CCC2CC[N+](C)(C)C2)C1. The van der Waals surface area contributed by atoms with Crippen molar-refractivity contribution in [3.8, 4) is 0 Å². The van der Waals surface area contributed by atoms with E-state index in [9.17, 15) is 0 Å². The van der Waals surface area contributed by atoms with Crippen molar-refractivity contribution in [2.24, 2.45) is 47.3 Å². The van der Waals surface area contributed by atoms with Crippen molar-refractivity contribution in [2.75, 3.05) is 136 Å². The van der Waals surface area contributed by atoms with Gasteiger partial charge in [-0.3, -0.25) is 0 Å². The van der Waals surface area contributed by atoms with E-state index in [4.69, 9.17) is 0 Å². The van der Waals surface area contributed by atoms with Crippen LogP contribution in [0.4, 0.5) is 0 Å². The van der Waals surface area contributed by atoms with Gasteiger partial charge in [-0.25, -0.2) is 0 Å². The lowest BCUT2D eigenvalue weighted by molar-refractivity contribution is -0.881. The smallest absolute Gasteiger partial charge is 0.0816 e. The molecule has 5 nitrogen and oxygen atoms in total. The zero-order valence-corrected chi connectivity index (χ0v) is 31.0. The summed E-state index contributed by atoms with van der Waals surface area (Å²) in [6.07, 6.45) is 14.9. The Hall–Kier alpha value is -0.200. The minimum Gasteiger partial charge on any atom is -0.328 e. The fourth-order valence-electron chi connectivity index (χ4n) is 11.9. The van der Waals surface area contributed by atoms with Gasteiger partial charge in [0.15, 0.2) is 0 Å². The minimum absolute atomic E-state index is 0.959. The molecule has 0 aromatic carbocycles. The summed E-state index contributed by atoms with van der Waals surface area (Å²) in [6, 6.07) is 0. The summed E-state index contributed by atoms with van der Waals surface area (Å²) in [5.41, 5.74) is 0. The van der Waals surface area contributed by atoms with Gasteiger partial charge in [0.2, 0.25) is 0 Å². The van der Waals surface area contributed by atoms with Crippen molar-refractivity contribution in [3.05, 3.63) is 0 Å². The number of quaternary nitrogens is 5. The first-order chi connectivity index (χ1) is 19.9. The van der Waals surface area contributed by atoms with Crippen molar-refractivity contribution in [1.82, 2.24) is 0 Å². The lowest BCUT2D eigenvalue weighted by Gasteiger charge is -2.24. The van der Waals surface area contributed by atoms with Gasteiger partial charge in [0.25, 0.3) is 0 Å². The second-order valence-electron chi connectivity index (χ2n) is 20.8. The number of rotatable bonds is 12. The van der Waals surface area contributed by atoms with Gasteiger partial charge in [-0.05, 0) is 51.4 Å². The zero-order chi connectivity index (χ0) is 31.3. The molecule has 0 bridgehead atoms. The summed E-state index contributed by atoms with van der Waals surface area (Å²) in [5, 5.41) is 0. The topological polar surface area (TPSA) is 0 Å². The molecule has 0 N–H and O–H groups in total. The highest BCUT2D eigenvalue weighted by molar-refractivity contribution is 4.84. The van der Waals surface area contributed by atoms with E-state index >= 15 is 0 Å². The van der Waals surface area contributed by atoms with Crippen LogP contribution in [0.3, 0.4) is 0 Å². The van der Waals surface area contributed by atoms with Crippen LogP contribution in [0.15, 0.2) is 0 Å². The molecule has 0 radical (unpaired) electrons. The molecule has 0 spiro atoms. The highest BCUT2D eigenvalue weighted by Crippen LogP contribution is 2.42. The molecule has 5 saturated heterocycles. The van der Waals surface area contributed by atoms with E-state index in [0.29, 0.717) is 0 Å². The van der Waals surface area contributed by atoms with Crippen LogP contribution in [-0.4, -0.2) is 158 Å². The van der Waals surface area contributed by atoms with Gasteiger partial charge >= 0.3 is 0 Å². The van der Waals surface area contributed by atoms with E-state index in [1.54, 1.807) is 0 Å². The Balaban J connectivity index is 1.13. The van der Waals surface area contributed by atoms with Crippen molar-refractivity contribution < 1.29 is 22.4 Å². The Kier molecular flexibility index (Phi) is 10.1. The maximum Gasteiger partial charge on any atom is 0.0816 e. The molecule has 0 aromatic heterocycles. The van der Waals surface area contributed by atoms with E-state index in [-0.39, 0.29) is 0 Å². The highest BCUT2D eigenvalue weighted by atomic mass is 15.3. The normalized spacial score (nSPS) is 40.9. The predicted molar refractivity (Wildman–Crippen MR) is 183 cm³/mol. The van der Waals surface area contributed by atoms with Gasteiger partial charge in [0, 0.05) is 60.2 Å². The zero-order valence-electron chi connectivity index (χ0n) is 31.0. The molecule has 250 valence electrons. The molecule has 5 heteroatoms. The molecular weight excluding hydrogens is 526 g/mol. The van der Waals surface area contributed by atoms with E-state index in [0.717, 1.165) is 47.3 Å². The largest absolute Gasteiger partial charge is 0.328 e. The van der Waals surface area contributed by atoms with Crippen LogP contribution in [0.2, 0.25) is 0 Å². The predicted octanol–water partition coefficient (Wildman–Crippen LogP) is 5.27. The third-order valence-corrected chi connectivity index (χ3v) is 13.9. The van der Waals surface area contributed by atoms with Gasteiger partial charge in [-0.15, -0.1) is 0 Å². The minimum atomic E-state index is 0.959. The van der Waals surface area contributed by atoms with Crippen LogP contribution >= 0.6 is 0 Å². The van der Waals surface area contributed by atoms with E-state index in [2.05, 4.69) is 70.5 Å². The molecule has 5 heterocycles. The Morgan fingerprint density at radius 1 is 0.302 bits per heavy atom. The van der Waals surface area contributed by atoms with Gasteiger partial charge in [0.1, 0.15) is 0 Å². The van der Waals surface area contributed by atoms with Crippen molar-refractivity contribution in [1.29, 1.82) is 0 Å². The van der Waals surface area contributed by atoms with E-state index < -0.39 is 0 Å². The molecule has 8 unspecified atom stereocenters. The Morgan fingerprint density at radius 2 is 0.535 bits per heavy atom. The molecule has 0 saturated carbocycles. The highest BCUT2D eigenvalue weighted by Gasteiger charge is 2.46. The third kappa shape index (κ3) is 9.43. The maximum atomic E-state index is 2.53. The van der Waals surface area contributed by atoms with Crippen molar-refractivity contribution in [2.45, 2.75) is 64.2 Å². The summed E-state index contributed by atoms with van der Waals surface area (Å²) >= 11 is 0. The fraction of sp³-hybridized carbons (Fsp3) is 1.00. The molecule has 5 aliphatic heterocycles. The lowest BCUT2D eigenvalue weighted by Crippen LogP contribution is -2.37. The molecule has 5 aliphatic rings. The average Bonchev–Trinajstić information content (AvgIpc) is 3.63. The van der Waals surface area contributed by atoms with Crippen LogP contribution in [-0.2, 0) is 0 Å². The Morgan fingerprint density at radius 3 is 0.744 bits per heavy atom. The van der Waals surface area contributed by atoms with Gasteiger partial charge in [0.05, 0.1) is 136 Å². The summed E-state index contributed by atoms with van der Waals surface area (Å²) in [7, 11) is 24.9. The van der Waals surface area contributed by atoms with Crippen LogP contribution in [0.1, 0.15) is 64.2 Å². The molecule has 5 fully saturated rings. The molecule has 5 rings (SSSR count). The lowest BCUT2D eigenvalue weighted by atomic mass is 9.79. The monoisotopic (exact) mass is 605 g/mol. The molecular formula is C38H78N5+5. The number of nitrogens with zero attached hydrogens (tertiary/aromatic N) is 5. The molecule has 0 amide bonds. The first-order valence-electron chi connectivity index (χ1n) is 19.0. The van der Waals surface area contributed by atoms with Gasteiger partial charge in [-0.1, -0.05) is 0 Å². The van der Waals surface area contributed by atoms with Crippen molar-refractivity contribution in [3.63, 3.8) is 0 Å². The second kappa shape index (κ2) is 12.8. The van der Waals surface area contributed by atoms with Crippen LogP contribution < -0.4 is 0 Å². The van der Waals surface area contributed by atoms with Gasteiger partial charge < -0.3 is 22.4 Å². The number of hydrogen-bond acceptors (Lipinski definition) is 0. The second-order valence-corrected chi connectivity index (χ2v) is 20.8. The molecule has 0 aromatic rings. The maximum absolute atomic E-state index is 2.53. The quantitative estimate of drug-likeness (QED) is 0.267. The summed E-state index contributed by atoms with van der Waals surface area (Å²) in [5.74, 6) is 7.75. The standard InChI is InChI=1S/C38H78N5/c1-39(2)21-19-31(23-39)11-13-33-25-41(5,6)27-35(33)15-17-37-29-43(9,10)30-38(37)18-16-36-28-42(7,8)26-34(36)14-12-32-20-22-40(3,4)24-32/h31-38H,11-30H2,1-10H3/q+5. The molecule has 43 heavy (non-hydrogen) atoms. The van der Waals surface area contributed by atoms with Crippen molar-refractivity contribution >= 4 is 0 Å².